The third-order valence-corrected chi connectivity index (χ3v) is 6.25. The molecule has 1 heterocycles. The van der Waals surface area contributed by atoms with Crippen molar-refractivity contribution in [2.45, 2.75) is 58.4 Å². The first-order valence-electron chi connectivity index (χ1n) is 10.0. The number of ether oxygens (including phenoxy) is 1. The van der Waals surface area contributed by atoms with Gasteiger partial charge in [0.25, 0.3) is 5.91 Å². The molecule has 0 saturated heterocycles. The van der Waals surface area contributed by atoms with Crippen LogP contribution in [0.15, 0.2) is 29.6 Å². The van der Waals surface area contributed by atoms with E-state index >= 15 is 0 Å². The molecule has 5 nitrogen and oxygen atoms in total. The van der Waals surface area contributed by atoms with Crippen molar-refractivity contribution in [2.75, 3.05) is 6.61 Å². The number of aromatic nitrogens is 1. The molecule has 1 aromatic carbocycles. The van der Waals surface area contributed by atoms with Gasteiger partial charge < -0.3 is 10.1 Å². The van der Waals surface area contributed by atoms with E-state index in [1.807, 2.05) is 5.38 Å². The minimum Gasteiger partial charge on any atom is -0.455 e. The molecule has 0 radical (unpaired) electrons. The topological polar surface area (TPSA) is 68.3 Å². The summed E-state index contributed by atoms with van der Waals surface area (Å²) in [4.78, 5) is 28.6. The van der Waals surface area contributed by atoms with Gasteiger partial charge in [-0.25, -0.2) is 4.98 Å². The Morgan fingerprint density at radius 3 is 2.68 bits per heavy atom. The number of hydrogen-bond acceptors (Lipinski definition) is 5. The van der Waals surface area contributed by atoms with Crippen LogP contribution in [0.25, 0.3) is 10.6 Å². The summed E-state index contributed by atoms with van der Waals surface area (Å²) in [6.07, 6.45) is 5.59. The van der Waals surface area contributed by atoms with E-state index in [0.29, 0.717) is 11.6 Å². The van der Waals surface area contributed by atoms with Crippen LogP contribution in [0, 0.1) is 5.92 Å². The minimum atomic E-state index is -0.426. The van der Waals surface area contributed by atoms with Crippen molar-refractivity contribution >= 4 is 23.2 Å². The molecule has 1 saturated carbocycles. The number of aryl methyl sites for hydroxylation is 1. The summed E-state index contributed by atoms with van der Waals surface area (Å²) in [5.41, 5.74) is 3.00. The Bertz CT molecular complexity index is 800. The molecule has 3 rings (SSSR count). The van der Waals surface area contributed by atoms with Crippen molar-refractivity contribution in [1.82, 2.24) is 10.3 Å². The second-order valence-electron chi connectivity index (χ2n) is 7.47. The molecule has 1 N–H and O–H groups in total. The summed E-state index contributed by atoms with van der Waals surface area (Å²) >= 11 is 1.51. The van der Waals surface area contributed by atoms with Crippen molar-refractivity contribution in [3.05, 3.63) is 40.9 Å². The Balaban J connectivity index is 1.45. The van der Waals surface area contributed by atoms with E-state index in [9.17, 15) is 9.59 Å². The lowest BCUT2D eigenvalue weighted by molar-refractivity contribution is -0.148. The average Bonchev–Trinajstić information content (AvgIpc) is 3.16. The molecule has 28 heavy (non-hydrogen) atoms. The maximum Gasteiger partial charge on any atom is 0.312 e. The summed E-state index contributed by atoms with van der Waals surface area (Å²) < 4.78 is 5.14. The van der Waals surface area contributed by atoms with Crippen LogP contribution < -0.4 is 5.32 Å². The van der Waals surface area contributed by atoms with Crippen LogP contribution in [-0.4, -0.2) is 29.5 Å². The molecule has 6 heteroatoms. The molecular weight excluding hydrogens is 372 g/mol. The van der Waals surface area contributed by atoms with E-state index in [-0.39, 0.29) is 25.0 Å². The maximum absolute atomic E-state index is 12.1. The van der Waals surface area contributed by atoms with Crippen LogP contribution in [0.1, 0.15) is 50.8 Å². The number of esters is 1. The highest BCUT2D eigenvalue weighted by Gasteiger charge is 2.23. The summed E-state index contributed by atoms with van der Waals surface area (Å²) in [5.74, 6) is -0.166. The Kier molecular flexibility index (Phi) is 7.20. The van der Waals surface area contributed by atoms with E-state index in [1.54, 1.807) is 0 Å². The van der Waals surface area contributed by atoms with Gasteiger partial charge in [-0.05, 0) is 30.7 Å². The van der Waals surface area contributed by atoms with Crippen LogP contribution in [-0.2, 0) is 27.2 Å². The molecule has 0 unspecified atom stereocenters. The largest absolute Gasteiger partial charge is 0.455 e. The first-order chi connectivity index (χ1) is 13.5. The third-order valence-electron chi connectivity index (χ3n) is 5.31. The van der Waals surface area contributed by atoms with Gasteiger partial charge >= 0.3 is 5.97 Å². The molecule has 1 fully saturated rings. The van der Waals surface area contributed by atoms with Crippen LogP contribution in [0.4, 0.5) is 0 Å². The van der Waals surface area contributed by atoms with Gasteiger partial charge in [-0.1, -0.05) is 51.0 Å². The van der Waals surface area contributed by atoms with E-state index in [0.717, 1.165) is 36.3 Å². The van der Waals surface area contributed by atoms with Crippen LogP contribution in [0.3, 0.4) is 0 Å². The maximum atomic E-state index is 12.1. The average molecular weight is 401 g/mol. The minimum absolute atomic E-state index is 0.0800. The number of nitrogens with one attached hydrogen (secondary N) is 1. The van der Waals surface area contributed by atoms with Gasteiger partial charge in [-0.2, -0.15) is 0 Å². The normalized spacial score (nSPS) is 19.2. The molecule has 2 atom stereocenters. The third kappa shape index (κ3) is 5.64. The monoisotopic (exact) mass is 400 g/mol. The fourth-order valence-electron chi connectivity index (χ4n) is 3.53. The smallest absolute Gasteiger partial charge is 0.312 e. The van der Waals surface area contributed by atoms with Crippen molar-refractivity contribution < 1.29 is 14.3 Å². The zero-order chi connectivity index (χ0) is 19.9. The molecule has 2 aromatic rings. The zero-order valence-corrected chi connectivity index (χ0v) is 17.4. The summed E-state index contributed by atoms with van der Waals surface area (Å²) in [6, 6.07) is 8.49. The number of carbonyl (C=O) groups excluding carboxylic acids is 2. The van der Waals surface area contributed by atoms with Crippen molar-refractivity contribution in [3.8, 4) is 10.6 Å². The lowest BCUT2D eigenvalue weighted by Crippen LogP contribution is -2.42. The lowest BCUT2D eigenvalue weighted by atomic mass is 9.86. The van der Waals surface area contributed by atoms with Crippen LogP contribution in [0.2, 0.25) is 0 Å². The second-order valence-corrected chi connectivity index (χ2v) is 8.33. The standard InChI is InChI=1S/C22H28N2O3S/c1-3-16-8-10-17(11-9-16)22-23-18(14-28-22)12-21(26)27-13-20(25)24-19-7-5-4-6-15(19)2/h8-11,14-15,19H,3-7,12-13H2,1-2H3,(H,24,25)/t15-,19-/m0/s1. The lowest BCUT2D eigenvalue weighted by Gasteiger charge is -2.29. The van der Waals surface area contributed by atoms with E-state index in [2.05, 4.69) is 48.4 Å². The highest BCUT2D eigenvalue weighted by atomic mass is 32.1. The number of amides is 1. The molecular formula is C22H28N2O3S. The van der Waals surface area contributed by atoms with Crippen molar-refractivity contribution in [3.63, 3.8) is 0 Å². The molecule has 1 aliphatic carbocycles. The van der Waals surface area contributed by atoms with E-state index in [4.69, 9.17) is 4.74 Å². The Morgan fingerprint density at radius 1 is 1.21 bits per heavy atom. The van der Waals surface area contributed by atoms with Gasteiger partial charge in [0.15, 0.2) is 6.61 Å². The molecule has 0 aliphatic heterocycles. The van der Waals surface area contributed by atoms with Gasteiger partial charge in [0.2, 0.25) is 0 Å². The van der Waals surface area contributed by atoms with Crippen LogP contribution in [0.5, 0.6) is 0 Å². The van der Waals surface area contributed by atoms with Crippen molar-refractivity contribution in [2.24, 2.45) is 5.92 Å². The summed E-state index contributed by atoms with van der Waals surface area (Å²) in [6.45, 7) is 4.06. The summed E-state index contributed by atoms with van der Waals surface area (Å²) in [5, 5.41) is 5.75. The van der Waals surface area contributed by atoms with Gasteiger partial charge in [-0.3, -0.25) is 9.59 Å². The Hall–Kier alpha value is -2.21. The number of thiazole rings is 1. The van der Waals surface area contributed by atoms with Crippen molar-refractivity contribution in [1.29, 1.82) is 0 Å². The Labute approximate surface area is 170 Å². The number of hydrogen-bond donors (Lipinski definition) is 1. The molecule has 0 bridgehead atoms. The SMILES string of the molecule is CCc1ccc(-c2nc(CC(=O)OCC(=O)N[C@H]3CCCC[C@@H]3C)cs2)cc1. The summed E-state index contributed by atoms with van der Waals surface area (Å²) in [7, 11) is 0. The van der Waals surface area contributed by atoms with E-state index in [1.165, 1.54) is 23.3 Å². The molecule has 1 aromatic heterocycles. The van der Waals surface area contributed by atoms with Gasteiger partial charge in [0.1, 0.15) is 5.01 Å². The second kappa shape index (κ2) is 9.82. The van der Waals surface area contributed by atoms with Crippen LogP contribution >= 0.6 is 11.3 Å². The number of benzene rings is 1. The quantitative estimate of drug-likeness (QED) is 0.709. The van der Waals surface area contributed by atoms with Gasteiger partial charge in [0, 0.05) is 17.0 Å². The van der Waals surface area contributed by atoms with Gasteiger partial charge in [0.05, 0.1) is 12.1 Å². The molecule has 150 valence electrons. The molecule has 1 aliphatic rings. The highest BCUT2D eigenvalue weighted by Crippen LogP contribution is 2.25. The highest BCUT2D eigenvalue weighted by molar-refractivity contribution is 7.13. The first-order valence-corrected chi connectivity index (χ1v) is 10.9. The fraction of sp³-hybridized carbons (Fsp3) is 0.500. The number of nitrogens with zero attached hydrogens (tertiary/aromatic N) is 1. The first kappa shape index (κ1) is 20.5. The Morgan fingerprint density at radius 2 is 1.96 bits per heavy atom. The predicted molar refractivity (Wildman–Crippen MR) is 111 cm³/mol. The number of carbonyl (C=O) groups is 2. The fourth-order valence-corrected chi connectivity index (χ4v) is 4.35. The zero-order valence-electron chi connectivity index (χ0n) is 16.6. The molecule has 0 spiro atoms. The van der Waals surface area contributed by atoms with Gasteiger partial charge in [-0.15, -0.1) is 11.3 Å². The predicted octanol–water partition coefficient (Wildman–Crippen LogP) is 4.15. The van der Waals surface area contributed by atoms with E-state index < -0.39 is 5.97 Å². The molecule has 1 amide bonds. The number of rotatable bonds is 7.